The zero-order valence-corrected chi connectivity index (χ0v) is 12.9. The Balaban J connectivity index is 2.01. The molecule has 1 saturated heterocycles. The Labute approximate surface area is 145 Å². The summed E-state index contributed by atoms with van der Waals surface area (Å²) in [5.41, 5.74) is -3.03. The van der Waals surface area contributed by atoms with Gasteiger partial charge in [-0.2, -0.15) is 0 Å². The molecule has 1 N–H and O–H groups in total. The number of Topliss-reactive ketones (excluding diaryl/α,β-unsaturated/α-hetero) is 1. The third kappa shape index (κ3) is 1.32. The highest BCUT2D eigenvalue weighted by molar-refractivity contribution is 5.90. The zero-order valence-electron chi connectivity index (χ0n) is 19.9. The van der Waals surface area contributed by atoms with Crippen molar-refractivity contribution in [3.8, 4) is 11.5 Å². The maximum atomic E-state index is 13.3. The number of hydrogen-bond acceptors (Lipinski definition) is 5. The Hall–Kier alpha value is -1.59. The second-order valence-electron chi connectivity index (χ2n) is 6.61. The van der Waals surface area contributed by atoms with E-state index in [-0.39, 0.29) is 54.1 Å². The zero-order chi connectivity index (χ0) is 22.1. The summed E-state index contributed by atoms with van der Waals surface area (Å²) in [5.74, 6) is -1.28. The second-order valence-corrected chi connectivity index (χ2v) is 6.61. The van der Waals surface area contributed by atoms with Gasteiger partial charge < -0.3 is 19.5 Å². The molecule has 1 unspecified atom stereocenters. The van der Waals surface area contributed by atoms with Gasteiger partial charge in [-0.1, -0.05) is 6.04 Å². The summed E-state index contributed by atoms with van der Waals surface area (Å²) >= 11 is 0. The summed E-state index contributed by atoms with van der Waals surface area (Å²) in [7, 11) is 2.94. The lowest BCUT2D eigenvalue weighted by Gasteiger charge is -2.62. The number of hydrogen-bond donors (Lipinski definition) is 1. The van der Waals surface area contributed by atoms with Crippen LogP contribution in [-0.2, 0) is 16.6 Å². The molecule has 2 bridgehead atoms. The fourth-order valence-electron chi connectivity index (χ4n) is 4.70. The molecule has 0 aromatic heterocycles. The van der Waals surface area contributed by atoms with Gasteiger partial charge in [-0.05, 0) is 44.5 Å². The van der Waals surface area contributed by atoms with E-state index in [9.17, 15) is 6.17 Å². The van der Waals surface area contributed by atoms with E-state index in [0.29, 0.717) is 0 Å². The Morgan fingerprint density at radius 3 is 3.26 bits per heavy atom. The van der Waals surface area contributed by atoms with Crippen molar-refractivity contribution >= 4 is 5.78 Å². The molecule has 122 valence electrons. The van der Waals surface area contributed by atoms with Crippen LogP contribution in [0.4, 0.5) is 0 Å². The van der Waals surface area contributed by atoms with E-state index in [2.05, 4.69) is 0 Å². The van der Waals surface area contributed by atoms with Gasteiger partial charge in [-0.3, -0.25) is 4.79 Å². The van der Waals surface area contributed by atoms with Crippen LogP contribution in [0.1, 0.15) is 38.6 Å². The van der Waals surface area contributed by atoms with Crippen LogP contribution in [0.15, 0.2) is 12.1 Å². The Bertz CT molecular complexity index is 1020. The van der Waals surface area contributed by atoms with Gasteiger partial charge in [-0.25, -0.2) is 0 Å². The van der Waals surface area contributed by atoms with Gasteiger partial charge in [0.25, 0.3) is 0 Å². The van der Waals surface area contributed by atoms with Crippen LogP contribution in [0.2, 0.25) is 0 Å². The third-order valence-electron chi connectivity index (χ3n) is 5.77. The van der Waals surface area contributed by atoms with Crippen LogP contribution in [-0.4, -0.2) is 55.6 Å². The number of likely N-dealkylation sites (tertiary alicyclic amines) is 1. The molecule has 4 atom stereocenters. The number of nitrogens with zero attached hydrogens (tertiary/aromatic N) is 1. The molecule has 2 fully saturated rings. The van der Waals surface area contributed by atoms with Crippen LogP contribution < -0.4 is 9.47 Å². The van der Waals surface area contributed by atoms with Crippen molar-refractivity contribution in [1.29, 1.82) is 1.43 Å². The lowest BCUT2D eigenvalue weighted by Crippen LogP contribution is -2.76. The molecule has 1 aromatic carbocycles. The predicted molar refractivity (Wildman–Crippen MR) is 83.0 cm³/mol. The number of ether oxygens (including phenoxy) is 2. The Morgan fingerprint density at radius 2 is 2.48 bits per heavy atom. The van der Waals surface area contributed by atoms with Gasteiger partial charge in [0.2, 0.25) is 1.43 Å². The fourth-order valence-corrected chi connectivity index (χ4v) is 4.70. The van der Waals surface area contributed by atoms with Crippen LogP contribution in [0.25, 0.3) is 0 Å². The van der Waals surface area contributed by atoms with Crippen molar-refractivity contribution in [2.75, 3.05) is 20.7 Å². The molecular formula is C18H21NO4. The number of benzene rings is 1. The summed E-state index contributed by atoms with van der Waals surface area (Å²) in [5, 5.41) is 5.25. The number of rotatable bonds is 2. The molecule has 1 saturated carbocycles. The van der Waals surface area contributed by atoms with Gasteiger partial charge >= 0.3 is 0 Å². The Morgan fingerprint density at radius 1 is 1.61 bits per heavy atom. The molecule has 1 aromatic rings. The smallest absolute Gasteiger partial charge is 0.211 e. The first kappa shape index (κ1) is 8.49. The standard InChI is InChI=1S/C18H21NO4/c1-19-8-7-17-14-10-3-4-12(22-2)15(14)23-16(17)11(20)5-6-18(17,21)13(19)9-10/h3-4,13,16,21H,5-9H2,1-2H3/t13-,16?,17+,18-/m1/s1/i3D,4D,5D2,13D,16D,21D. The quantitative estimate of drug-likeness (QED) is 0.882. The summed E-state index contributed by atoms with van der Waals surface area (Å²) < 4.78 is 71.3. The van der Waals surface area contributed by atoms with Crippen molar-refractivity contribution < 1.29 is 27.6 Å². The van der Waals surface area contributed by atoms with Crippen molar-refractivity contribution in [2.24, 2.45) is 0 Å². The van der Waals surface area contributed by atoms with E-state index in [1.165, 1.54) is 7.11 Å². The SMILES string of the molecule is [2H]O[C@@]12CC([2H])([2H])C(=O)C3([2H])Oc4c(OC)c([2H])c([2H])c5c4[C@@]31CCN(C)[C@]2([2H])C5. The number of methoxy groups -OCH3 is 1. The number of ketones is 1. The van der Waals surface area contributed by atoms with Gasteiger partial charge in [-0.15, -0.1) is 0 Å². The first-order valence-electron chi connectivity index (χ1n) is 11.1. The number of piperidine rings is 1. The first-order chi connectivity index (χ1) is 13.9. The third-order valence-corrected chi connectivity index (χ3v) is 5.77. The first-order valence-corrected chi connectivity index (χ1v) is 7.68. The van der Waals surface area contributed by atoms with E-state index < -0.39 is 41.7 Å². The number of likely N-dealkylation sites (N-methyl/N-ethyl adjacent to an activating group) is 1. The maximum Gasteiger partial charge on any atom is 0.211 e. The fraction of sp³-hybridized carbons (Fsp3) is 0.611. The molecular weight excluding hydrogens is 294 g/mol. The topological polar surface area (TPSA) is 59.0 Å². The average molecular weight is 322 g/mol. The number of aliphatic hydroxyl groups is 1. The molecule has 23 heavy (non-hydrogen) atoms. The van der Waals surface area contributed by atoms with Crippen LogP contribution in [0.3, 0.4) is 0 Å². The lowest BCUT2D eigenvalue weighted by molar-refractivity contribution is -0.185. The molecule has 4 aliphatic rings. The van der Waals surface area contributed by atoms with E-state index in [0.717, 1.165) is 0 Å². The van der Waals surface area contributed by atoms with Crippen molar-refractivity contribution in [1.82, 2.24) is 4.90 Å². The summed E-state index contributed by atoms with van der Waals surface area (Å²) in [6.45, 7) is 0.284. The molecule has 1 spiro atoms. The molecule has 2 heterocycles. The highest BCUT2D eigenvalue weighted by Crippen LogP contribution is 2.64. The molecule has 2 aliphatic heterocycles. The maximum absolute atomic E-state index is 13.3. The van der Waals surface area contributed by atoms with E-state index in [4.69, 9.17) is 22.9 Å². The largest absolute Gasteiger partial charge is 0.493 e. The van der Waals surface area contributed by atoms with Crippen LogP contribution in [0, 0.1) is 0 Å². The normalized spacial score (nSPS) is 53.5. The molecule has 5 rings (SSSR count). The Kier molecular flexibility index (Phi) is 1.51. The summed E-state index contributed by atoms with van der Waals surface area (Å²) in [6.07, 6.45) is -5.72. The van der Waals surface area contributed by atoms with Crippen molar-refractivity contribution in [2.45, 2.75) is 48.7 Å². The van der Waals surface area contributed by atoms with Gasteiger partial charge in [0.1, 0.15) is 0 Å². The second kappa shape index (κ2) is 4.08. The molecule has 5 nitrogen and oxygen atoms in total. The van der Waals surface area contributed by atoms with E-state index >= 15 is 0 Å². The minimum Gasteiger partial charge on any atom is -0.493 e. The number of carbonyl (C=O) groups excluding carboxylic acids is 1. The van der Waals surface area contributed by atoms with Gasteiger partial charge in [0.15, 0.2) is 23.4 Å². The average Bonchev–Trinajstić information content (AvgIpc) is 2.95. The molecule has 0 radical (unpaired) electrons. The lowest BCUT2D eigenvalue weighted by atomic mass is 9.49. The van der Waals surface area contributed by atoms with Gasteiger partial charge in [0, 0.05) is 20.7 Å². The van der Waals surface area contributed by atoms with Crippen LogP contribution >= 0.6 is 0 Å². The van der Waals surface area contributed by atoms with Crippen molar-refractivity contribution in [3.63, 3.8) is 0 Å². The minimum atomic E-state index is -2.57. The minimum absolute atomic E-state index is 0.0532. The highest BCUT2D eigenvalue weighted by atomic mass is 16.5. The van der Waals surface area contributed by atoms with Crippen molar-refractivity contribution in [3.05, 3.63) is 23.2 Å². The van der Waals surface area contributed by atoms with E-state index in [1.807, 2.05) is 0 Å². The molecule has 0 amide bonds. The highest BCUT2D eigenvalue weighted by Gasteiger charge is 2.72. The predicted octanol–water partition coefficient (Wildman–Crippen LogP) is 1.05. The monoisotopic (exact) mass is 322 g/mol. The number of carbonyl (C=O) groups is 1. The van der Waals surface area contributed by atoms with E-state index in [1.54, 1.807) is 11.9 Å². The van der Waals surface area contributed by atoms with Gasteiger partial charge in [0.05, 0.1) is 23.6 Å². The van der Waals surface area contributed by atoms with Crippen LogP contribution in [0.5, 0.6) is 11.5 Å². The summed E-state index contributed by atoms with van der Waals surface area (Å²) in [4.78, 5) is 14.9. The molecule has 5 heteroatoms. The molecule has 2 aliphatic carbocycles. The summed E-state index contributed by atoms with van der Waals surface area (Å²) in [6, 6.07) is -2.23.